The largest absolute Gasteiger partial charge is 0.342 e. The van der Waals surface area contributed by atoms with Crippen LogP contribution in [0, 0.1) is 5.41 Å². The van der Waals surface area contributed by atoms with Gasteiger partial charge in [-0.25, -0.2) is 4.79 Å². The van der Waals surface area contributed by atoms with Crippen molar-refractivity contribution in [3.05, 3.63) is 65.2 Å². The fourth-order valence-electron chi connectivity index (χ4n) is 4.41. The van der Waals surface area contributed by atoms with Gasteiger partial charge in [0.15, 0.2) is 0 Å². The van der Waals surface area contributed by atoms with Gasteiger partial charge in [-0.1, -0.05) is 55.8 Å². The zero-order valence-electron chi connectivity index (χ0n) is 18.7. The molecule has 6 heteroatoms. The minimum absolute atomic E-state index is 0.0516. The van der Waals surface area contributed by atoms with E-state index < -0.39 is 5.54 Å². The van der Waals surface area contributed by atoms with E-state index in [0.717, 1.165) is 11.4 Å². The summed E-state index contributed by atoms with van der Waals surface area (Å²) in [6.45, 7) is 9.57. The van der Waals surface area contributed by atoms with Crippen molar-refractivity contribution in [3.63, 3.8) is 0 Å². The molecule has 1 aliphatic rings. The number of likely N-dealkylation sites (tertiary alicyclic amines) is 1. The lowest BCUT2D eigenvalue weighted by atomic mass is 9.70. The Kier molecular flexibility index (Phi) is 6.95. The molecule has 0 radical (unpaired) electrons. The van der Waals surface area contributed by atoms with Gasteiger partial charge in [-0.05, 0) is 61.4 Å². The van der Waals surface area contributed by atoms with Crippen molar-refractivity contribution in [3.8, 4) is 0 Å². The first-order valence-corrected chi connectivity index (χ1v) is 11.1. The first kappa shape index (κ1) is 23.1. The number of nitrogens with one attached hydrogen (secondary N) is 2. The lowest BCUT2D eigenvalue weighted by Gasteiger charge is -2.45. The Hall–Kier alpha value is -2.53. The third-order valence-corrected chi connectivity index (χ3v) is 6.18. The van der Waals surface area contributed by atoms with E-state index in [1.165, 1.54) is 5.56 Å². The average molecular weight is 442 g/mol. The molecule has 0 aliphatic carbocycles. The Labute approximate surface area is 190 Å². The molecular weight excluding hydrogens is 410 g/mol. The number of nitrogens with zero attached hydrogens (tertiary/aromatic N) is 1. The molecule has 1 aliphatic heterocycles. The van der Waals surface area contributed by atoms with E-state index >= 15 is 0 Å². The fourth-order valence-corrected chi connectivity index (χ4v) is 4.53. The van der Waals surface area contributed by atoms with E-state index in [4.69, 9.17) is 11.6 Å². The fraction of sp³-hybridized carbons (Fsp3) is 0.440. The number of piperidine rings is 1. The second-order valence-electron chi connectivity index (χ2n) is 9.70. The topological polar surface area (TPSA) is 61.4 Å². The van der Waals surface area contributed by atoms with Crippen LogP contribution in [-0.4, -0.2) is 35.5 Å². The molecule has 2 aromatic rings. The van der Waals surface area contributed by atoms with Crippen molar-refractivity contribution < 1.29 is 9.59 Å². The molecule has 1 saturated heterocycles. The van der Waals surface area contributed by atoms with Crippen LogP contribution in [0.1, 0.15) is 52.0 Å². The minimum atomic E-state index is -0.660. The van der Waals surface area contributed by atoms with Crippen LogP contribution in [0.3, 0.4) is 0 Å². The Bertz CT molecular complexity index is 910. The lowest BCUT2D eigenvalue weighted by Crippen LogP contribution is -2.52. The summed E-state index contributed by atoms with van der Waals surface area (Å²) in [7, 11) is 0. The number of carbonyl (C=O) groups excluding carboxylic acids is 2. The molecule has 1 atom stereocenters. The maximum Gasteiger partial charge on any atom is 0.319 e. The Balaban J connectivity index is 1.57. The Morgan fingerprint density at radius 3 is 2.35 bits per heavy atom. The smallest absolute Gasteiger partial charge is 0.319 e. The molecule has 166 valence electrons. The summed E-state index contributed by atoms with van der Waals surface area (Å²) >= 11 is 6.04. The van der Waals surface area contributed by atoms with Crippen LogP contribution in [0.4, 0.5) is 10.5 Å². The highest BCUT2D eigenvalue weighted by Crippen LogP contribution is 2.42. The molecule has 1 unspecified atom stereocenters. The summed E-state index contributed by atoms with van der Waals surface area (Å²) < 4.78 is 0. The molecule has 3 amide bonds. The number of benzene rings is 2. The Morgan fingerprint density at radius 2 is 1.74 bits per heavy atom. The van der Waals surface area contributed by atoms with Gasteiger partial charge in [0.25, 0.3) is 0 Å². The van der Waals surface area contributed by atoms with Crippen molar-refractivity contribution in [2.24, 2.45) is 5.41 Å². The monoisotopic (exact) mass is 441 g/mol. The molecular formula is C25H32ClN3O2. The normalized spacial score (nSPS) is 18.4. The molecule has 1 heterocycles. The van der Waals surface area contributed by atoms with Crippen LogP contribution in [0.25, 0.3) is 0 Å². The van der Waals surface area contributed by atoms with Gasteiger partial charge in [0.2, 0.25) is 5.91 Å². The van der Waals surface area contributed by atoms with Crippen LogP contribution in [0.5, 0.6) is 0 Å². The summed E-state index contributed by atoms with van der Waals surface area (Å²) in [4.78, 5) is 27.4. The molecule has 2 aromatic carbocycles. The number of carbonyl (C=O) groups is 2. The molecule has 5 nitrogen and oxygen atoms in total. The number of hydrogen-bond acceptors (Lipinski definition) is 2. The highest BCUT2D eigenvalue weighted by molar-refractivity contribution is 6.30. The van der Waals surface area contributed by atoms with E-state index in [1.54, 1.807) is 0 Å². The van der Waals surface area contributed by atoms with Crippen molar-refractivity contribution in [2.75, 3.05) is 18.4 Å². The summed E-state index contributed by atoms with van der Waals surface area (Å²) in [5.74, 6) is 0.434. The van der Waals surface area contributed by atoms with Gasteiger partial charge >= 0.3 is 6.03 Å². The quantitative estimate of drug-likeness (QED) is 0.627. The standard InChI is InChI=1S/C25H32ClN3O2/c1-24(2)17-29(15-14-21(24)18-10-12-19(26)13-11-18)22(30)16-25(3,4)28-23(31)27-20-8-6-5-7-9-20/h5-13,21H,14-17H2,1-4H3,(H2,27,28,31). The van der Waals surface area contributed by atoms with Gasteiger partial charge in [-0.3, -0.25) is 4.79 Å². The van der Waals surface area contributed by atoms with E-state index in [1.807, 2.05) is 61.2 Å². The number of halogens is 1. The van der Waals surface area contributed by atoms with E-state index in [2.05, 4.69) is 36.6 Å². The maximum absolute atomic E-state index is 13.1. The van der Waals surface area contributed by atoms with Crippen LogP contribution in [0.15, 0.2) is 54.6 Å². The van der Waals surface area contributed by atoms with Crippen LogP contribution < -0.4 is 10.6 Å². The third kappa shape index (κ3) is 6.23. The molecule has 0 spiro atoms. The summed E-state index contributed by atoms with van der Waals surface area (Å²) in [5.41, 5.74) is 1.27. The average Bonchev–Trinajstić information content (AvgIpc) is 2.68. The van der Waals surface area contributed by atoms with Gasteiger partial charge in [0.05, 0.1) is 0 Å². The zero-order chi connectivity index (χ0) is 22.6. The molecule has 0 saturated carbocycles. The number of urea groups is 1. The number of amides is 3. The van der Waals surface area contributed by atoms with Gasteiger partial charge in [-0.15, -0.1) is 0 Å². The van der Waals surface area contributed by atoms with Crippen LogP contribution in [0.2, 0.25) is 5.02 Å². The zero-order valence-corrected chi connectivity index (χ0v) is 19.5. The van der Waals surface area contributed by atoms with Crippen molar-refractivity contribution in [1.82, 2.24) is 10.2 Å². The lowest BCUT2D eigenvalue weighted by molar-refractivity contribution is -0.136. The number of anilines is 1. The highest BCUT2D eigenvalue weighted by Gasteiger charge is 2.39. The summed E-state index contributed by atoms with van der Waals surface area (Å²) in [5, 5.41) is 6.47. The highest BCUT2D eigenvalue weighted by atomic mass is 35.5. The van der Waals surface area contributed by atoms with Crippen molar-refractivity contribution in [1.29, 1.82) is 0 Å². The minimum Gasteiger partial charge on any atom is -0.342 e. The summed E-state index contributed by atoms with van der Waals surface area (Å²) in [6.07, 6.45) is 1.15. The number of para-hydroxylation sites is 1. The van der Waals surface area contributed by atoms with Crippen LogP contribution in [-0.2, 0) is 4.79 Å². The van der Waals surface area contributed by atoms with Crippen molar-refractivity contribution >= 4 is 29.2 Å². The molecule has 2 N–H and O–H groups in total. The molecule has 0 bridgehead atoms. The van der Waals surface area contributed by atoms with E-state index in [-0.39, 0.29) is 23.8 Å². The van der Waals surface area contributed by atoms with Crippen molar-refractivity contribution in [2.45, 2.75) is 52.0 Å². The number of hydrogen-bond donors (Lipinski definition) is 2. The predicted molar refractivity (Wildman–Crippen MR) is 126 cm³/mol. The second kappa shape index (κ2) is 9.31. The van der Waals surface area contributed by atoms with Gasteiger partial charge in [0.1, 0.15) is 0 Å². The van der Waals surface area contributed by atoms with Crippen LogP contribution >= 0.6 is 11.6 Å². The second-order valence-corrected chi connectivity index (χ2v) is 10.1. The maximum atomic E-state index is 13.1. The van der Waals surface area contributed by atoms with E-state index in [9.17, 15) is 9.59 Å². The molecule has 31 heavy (non-hydrogen) atoms. The molecule has 0 aromatic heterocycles. The third-order valence-electron chi connectivity index (χ3n) is 5.93. The molecule has 3 rings (SSSR count). The van der Waals surface area contributed by atoms with Gasteiger partial charge in [0, 0.05) is 35.8 Å². The summed E-state index contributed by atoms with van der Waals surface area (Å²) in [6, 6.07) is 17.0. The molecule has 1 fully saturated rings. The predicted octanol–water partition coefficient (Wildman–Crippen LogP) is 5.67. The van der Waals surface area contributed by atoms with Gasteiger partial charge in [-0.2, -0.15) is 0 Å². The SMILES string of the molecule is CC(C)(CC(=O)N1CCC(c2ccc(Cl)cc2)C(C)(C)C1)NC(=O)Nc1ccccc1. The first-order valence-electron chi connectivity index (χ1n) is 10.7. The van der Waals surface area contributed by atoms with Gasteiger partial charge < -0.3 is 15.5 Å². The first-order chi connectivity index (χ1) is 14.6. The van der Waals surface area contributed by atoms with E-state index in [0.29, 0.717) is 24.7 Å². The Morgan fingerprint density at radius 1 is 1.10 bits per heavy atom. The number of rotatable bonds is 5.